The molecule has 94 valence electrons. The number of rotatable bonds is 4. The molecule has 0 N–H and O–H groups in total. The van der Waals surface area contributed by atoms with E-state index in [1.807, 2.05) is 0 Å². The molecule has 2 heterocycles. The number of ketones is 1. The normalized spacial score (nSPS) is 12.3. The maximum absolute atomic E-state index is 11.8. The molecule has 1 atom stereocenters. The van der Waals surface area contributed by atoms with Crippen LogP contribution in [-0.4, -0.2) is 35.5 Å². The maximum atomic E-state index is 11.8. The van der Waals surface area contributed by atoms with Crippen LogP contribution in [0.1, 0.15) is 24.3 Å². The lowest BCUT2D eigenvalue weighted by molar-refractivity contribution is 0.101. The van der Waals surface area contributed by atoms with Gasteiger partial charge in [-0.2, -0.15) is 5.10 Å². The lowest BCUT2D eigenvalue weighted by Gasteiger charge is -2.07. The fraction of sp³-hybridized carbons (Fsp3) is 0.273. The van der Waals surface area contributed by atoms with Gasteiger partial charge in [0.25, 0.3) is 0 Å². The third-order valence-corrected chi connectivity index (χ3v) is 3.68. The molecule has 0 aliphatic rings. The molecule has 2 aromatic rings. The van der Waals surface area contributed by atoms with Gasteiger partial charge in [-0.3, -0.25) is 9.00 Å². The van der Waals surface area contributed by atoms with E-state index in [0.29, 0.717) is 16.5 Å². The zero-order valence-corrected chi connectivity index (χ0v) is 10.8. The van der Waals surface area contributed by atoms with Crippen molar-refractivity contribution in [2.45, 2.75) is 18.7 Å². The predicted molar refractivity (Wildman–Crippen MR) is 66.1 cm³/mol. The smallest absolute Gasteiger partial charge is 0.179 e. The molecule has 0 aromatic carbocycles. The first-order chi connectivity index (χ1) is 8.63. The van der Waals surface area contributed by atoms with Gasteiger partial charge in [0.15, 0.2) is 11.6 Å². The summed E-state index contributed by atoms with van der Waals surface area (Å²) in [5, 5.41) is 3.94. The van der Waals surface area contributed by atoms with Crippen molar-refractivity contribution in [3.05, 3.63) is 30.5 Å². The van der Waals surface area contributed by atoms with Gasteiger partial charge in [0, 0.05) is 12.7 Å². The van der Waals surface area contributed by atoms with Gasteiger partial charge in [0.2, 0.25) is 0 Å². The van der Waals surface area contributed by atoms with Crippen LogP contribution < -0.4 is 0 Å². The Morgan fingerprint density at radius 1 is 1.44 bits per heavy atom. The highest BCUT2D eigenvalue weighted by Crippen LogP contribution is 2.15. The highest BCUT2D eigenvalue weighted by atomic mass is 32.2. The van der Waals surface area contributed by atoms with E-state index in [2.05, 4.69) is 15.1 Å². The highest BCUT2D eigenvalue weighted by molar-refractivity contribution is 7.85. The van der Waals surface area contributed by atoms with Gasteiger partial charge in [0.05, 0.1) is 15.7 Å². The Bertz CT molecular complexity index is 595. The molecule has 6 nitrogen and oxygen atoms in total. The third-order valence-electron chi connectivity index (χ3n) is 2.34. The average Bonchev–Trinajstić information content (AvgIpc) is 2.91. The lowest BCUT2D eigenvalue weighted by Crippen LogP contribution is -2.09. The topological polar surface area (TPSA) is 77.7 Å². The lowest BCUT2D eigenvalue weighted by atomic mass is 10.2. The molecule has 0 saturated heterocycles. The fourth-order valence-corrected chi connectivity index (χ4v) is 2.42. The van der Waals surface area contributed by atoms with Crippen LogP contribution in [0.25, 0.3) is 5.82 Å². The summed E-state index contributed by atoms with van der Waals surface area (Å²) >= 11 is 0. The van der Waals surface area contributed by atoms with Gasteiger partial charge in [-0.05, 0) is 12.1 Å². The van der Waals surface area contributed by atoms with Crippen molar-refractivity contribution in [3.8, 4) is 5.82 Å². The second-order valence-corrected chi connectivity index (χ2v) is 5.25. The molecule has 2 aromatic heterocycles. The maximum Gasteiger partial charge on any atom is 0.179 e. The predicted octanol–water partition coefficient (Wildman–Crippen LogP) is 0.992. The summed E-state index contributed by atoms with van der Waals surface area (Å²) in [4.78, 5) is 20.0. The Morgan fingerprint density at radius 3 is 2.78 bits per heavy atom. The number of carbonyl (C=O) groups excluding carboxylic acids is 1. The van der Waals surface area contributed by atoms with E-state index >= 15 is 0 Å². The van der Waals surface area contributed by atoms with Crippen LogP contribution in [0.5, 0.6) is 0 Å². The van der Waals surface area contributed by atoms with Crippen LogP contribution >= 0.6 is 0 Å². The van der Waals surface area contributed by atoms with Crippen molar-refractivity contribution in [2.24, 2.45) is 0 Å². The van der Waals surface area contributed by atoms with E-state index in [4.69, 9.17) is 0 Å². The number of Topliss-reactive ketones (excluding diaryl/α,β-unsaturated/α-hetero) is 1. The molecular formula is C11H12N4O2S. The molecule has 0 aliphatic carbocycles. The van der Waals surface area contributed by atoms with E-state index in [1.165, 1.54) is 24.3 Å². The number of hydrogen-bond donors (Lipinski definition) is 0. The standard InChI is InChI=1S/C11H12N4O2S/c1-3-18(17)9-4-5-10(14-11(9)8(2)16)15-7-12-6-13-15/h4-7H,3H2,1-2H3. The molecule has 0 spiro atoms. The van der Waals surface area contributed by atoms with Crippen LogP contribution in [-0.2, 0) is 10.8 Å². The molecule has 0 fully saturated rings. The summed E-state index contributed by atoms with van der Waals surface area (Å²) in [5.74, 6) is 0.716. The third kappa shape index (κ3) is 2.35. The molecule has 0 bridgehead atoms. The molecule has 1 unspecified atom stereocenters. The second-order valence-electron chi connectivity index (χ2n) is 3.55. The van der Waals surface area contributed by atoms with E-state index < -0.39 is 10.8 Å². The van der Waals surface area contributed by atoms with E-state index in [0.717, 1.165) is 0 Å². The van der Waals surface area contributed by atoms with E-state index in [1.54, 1.807) is 19.1 Å². The van der Waals surface area contributed by atoms with Gasteiger partial charge in [0.1, 0.15) is 18.3 Å². The van der Waals surface area contributed by atoms with Crippen LogP contribution in [0.15, 0.2) is 29.7 Å². The second kappa shape index (κ2) is 5.18. The van der Waals surface area contributed by atoms with Crippen molar-refractivity contribution in [3.63, 3.8) is 0 Å². The quantitative estimate of drug-likeness (QED) is 0.770. The Morgan fingerprint density at radius 2 is 2.22 bits per heavy atom. The van der Waals surface area contributed by atoms with E-state index in [9.17, 15) is 9.00 Å². The molecule has 7 heteroatoms. The van der Waals surface area contributed by atoms with Crippen molar-refractivity contribution >= 4 is 16.6 Å². The first-order valence-corrected chi connectivity index (χ1v) is 6.70. The van der Waals surface area contributed by atoms with Gasteiger partial charge < -0.3 is 0 Å². The zero-order chi connectivity index (χ0) is 13.1. The number of aromatic nitrogens is 4. The summed E-state index contributed by atoms with van der Waals surface area (Å²) in [6, 6.07) is 3.32. The molecule has 0 saturated carbocycles. The van der Waals surface area contributed by atoms with Gasteiger partial charge in [-0.25, -0.2) is 14.6 Å². The average molecular weight is 264 g/mol. The number of carbonyl (C=O) groups is 1. The summed E-state index contributed by atoms with van der Waals surface area (Å²) in [6.45, 7) is 3.20. The molecule has 0 aliphatic heterocycles. The van der Waals surface area contributed by atoms with Crippen LogP contribution in [0.2, 0.25) is 0 Å². The van der Waals surface area contributed by atoms with Crippen LogP contribution in [0.3, 0.4) is 0 Å². The van der Waals surface area contributed by atoms with Gasteiger partial charge in [-0.1, -0.05) is 6.92 Å². The monoisotopic (exact) mass is 264 g/mol. The van der Waals surface area contributed by atoms with Crippen molar-refractivity contribution in [1.82, 2.24) is 19.7 Å². The fourth-order valence-electron chi connectivity index (χ4n) is 1.48. The van der Waals surface area contributed by atoms with Gasteiger partial charge >= 0.3 is 0 Å². The van der Waals surface area contributed by atoms with Gasteiger partial charge in [-0.15, -0.1) is 0 Å². The van der Waals surface area contributed by atoms with Crippen molar-refractivity contribution in [2.75, 3.05) is 5.75 Å². The Balaban J connectivity index is 2.54. The molecule has 2 rings (SSSR count). The Labute approximate surface area is 107 Å². The Kier molecular flexibility index (Phi) is 3.61. The first-order valence-electron chi connectivity index (χ1n) is 5.38. The summed E-state index contributed by atoms with van der Waals surface area (Å²) in [6.07, 6.45) is 2.87. The SMILES string of the molecule is CCS(=O)c1ccc(-n2cncn2)nc1C(C)=O. The highest BCUT2D eigenvalue weighted by Gasteiger charge is 2.15. The van der Waals surface area contributed by atoms with Crippen LogP contribution in [0.4, 0.5) is 0 Å². The summed E-state index contributed by atoms with van der Waals surface area (Å²) < 4.78 is 13.3. The summed E-state index contributed by atoms with van der Waals surface area (Å²) in [5.41, 5.74) is 0.225. The molecule has 0 amide bonds. The first kappa shape index (κ1) is 12.6. The number of hydrogen-bond acceptors (Lipinski definition) is 5. The van der Waals surface area contributed by atoms with Crippen molar-refractivity contribution in [1.29, 1.82) is 0 Å². The minimum atomic E-state index is -1.21. The van der Waals surface area contributed by atoms with Crippen LogP contribution in [0, 0.1) is 0 Å². The number of nitrogens with zero attached hydrogens (tertiary/aromatic N) is 4. The minimum absolute atomic E-state index is 0.214. The largest absolute Gasteiger partial charge is 0.293 e. The number of pyridine rings is 1. The molecule has 18 heavy (non-hydrogen) atoms. The molecular weight excluding hydrogens is 252 g/mol. The van der Waals surface area contributed by atoms with Crippen molar-refractivity contribution < 1.29 is 9.00 Å². The minimum Gasteiger partial charge on any atom is -0.293 e. The molecule has 0 radical (unpaired) electrons. The Hall–Kier alpha value is -1.89. The zero-order valence-electron chi connectivity index (χ0n) is 10.0. The summed E-state index contributed by atoms with van der Waals surface area (Å²) in [7, 11) is -1.21. The van der Waals surface area contributed by atoms with E-state index in [-0.39, 0.29) is 11.5 Å².